The number of nitrogens with zero attached hydrogens (tertiary/aromatic N) is 2. The third-order valence-corrected chi connectivity index (χ3v) is 7.85. The quantitative estimate of drug-likeness (QED) is 0.356. The molecule has 0 unspecified atom stereocenters. The molecule has 2 amide bonds. The molecule has 2 atom stereocenters. The standard InChI is InChI=1S/C29H48N4O5/c1-21(2)33(29(35)22-12-13-26(37-5)27(16-22)38-15-9-14-36-4)20-23-17-30-18-25(23)31-19-28(34)32(3)24-10-7-6-8-11-24/h12-13,16,21,23-25,30-31H,6-11,14-15,17-20H2,1-5H3/t23-,25+/m0/s1. The van der Waals surface area contributed by atoms with Crippen molar-refractivity contribution in [3.8, 4) is 11.5 Å². The number of methoxy groups -OCH3 is 2. The van der Waals surface area contributed by atoms with Crippen LogP contribution in [0.15, 0.2) is 18.2 Å². The fourth-order valence-corrected chi connectivity index (χ4v) is 5.43. The Labute approximate surface area is 228 Å². The van der Waals surface area contributed by atoms with Crippen molar-refractivity contribution in [2.45, 2.75) is 70.5 Å². The first-order valence-corrected chi connectivity index (χ1v) is 14.2. The highest BCUT2D eigenvalue weighted by Gasteiger charge is 2.32. The van der Waals surface area contributed by atoms with Crippen LogP contribution >= 0.6 is 0 Å². The molecule has 0 aromatic heterocycles. The molecule has 214 valence electrons. The van der Waals surface area contributed by atoms with Crippen LogP contribution in [0, 0.1) is 5.92 Å². The second-order valence-corrected chi connectivity index (χ2v) is 10.8. The van der Waals surface area contributed by atoms with Crippen LogP contribution in [-0.4, -0.2) is 100 Å². The first-order valence-electron chi connectivity index (χ1n) is 14.2. The number of carbonyl (C=O) groups excluding carboxylic acids is 2. The van der Waals surface area contributed by atoms with Crippen molar-refractivity contribution in [1.82, 2.24) is 20.4 Å². The summed E-state index contributed by atoms with van der Waals surface area (Å²) < 4.78 is 16.4. The van der Waals surface area contributed by atoms with Crippen LogP contribution in [0.25, 0.3) is 0 Å². The largest absolute Gasteiger partial charge is 0.493 e. The number of likely N-dealkylation sites (N-methyl/N-ethyl adjacent to an activating group) is 1. The Kier molecular flexibility index (Phi) is 12.1. The molecule has 2 fully saturated rings. The molecule has 0 spiro atoms. The summed E-state index contributed by atoms with van der Waals surface area (Å²) >= 11 is 0. The first-order chi connectivity index (χ1) is 18.3. The van der Waals surface area contributed by atoms with Gasteiger partial charge in [0.05, 0.1) is 20.3 Å². The van der Waals surface area contributed by atoms with E-state index in [1.54, 1.807) is 32.4 Å². The number of rotatable bonds is 14. The van der Waals surface area contributed by atoms with Gasteiger partial charge in [0, 0.05) is 76.4 Å². The molecular formula is C29H48N4O5. The van der Waals surface area contributed by atoms with Crippen molar-refractivity contribution in [3.05, 3.63) is 23.8 Å². The number of carbonyl (C=O) groups is 2. The average molecular weight is 533 g/mol. The van der Waals surface area contributed by atoms with Gasteiger partial charge in [0.2, 0.25) is 5.91 Å². The van der Waals surface area contributed by atoms with Crippen molar-refractivity contribution < 1.29 is 23.8 Å². The van der Waals surface area contributed by atoms with Gasteiger partial charge in [-0.2, -0.15) is 0 Å². The first kappa shape index (κ1) is 30.2. The van der Waals surface area contributed by atoms with Crippen LogP contribution in [-0.2, 0) is 9.53 Å². The number of hydrogen-bond donors (Lipinski definition) is 2. The molecule has 1 saturated heterocycles. The molecule has 1 heterocycles. The van der Waals surface area contributed by atoms with Gasteiger partial charge in [0.15, 0.2) is 11.5 Å². The van der Waals surface area contributed by atoms with E-state index in [2.05, 4.69) is 10.6 Å². The van der Waals surface area contributed by atoms with Crippen molar-refractivity contribution in [3.63, 3.8) is 0 Å². The van der Waals surface area contributed by atoms with Gasteiger partial charge in [0.1, 0.15) is 0 Å². The fourth-order valence-electron chi connectivity index (χ4n) is 5.43. The summed E-state index contributed by atoms with van der Waals surface area (Å²) in [5.41, 5.74) is 0.570. The topological polar surface area (TPSA) is 92.4 Å². The Bertz CT molecular complexity index is 890. The second kappa shape index (κ2) is 15.3. The van der Waals surface area contributed by atoms with E-state index in [0.717, 1.165) is 32.4 Å². The minimum Gasteiger partial charge on any atom is -0.493 e. The monoisotopic (exact) mass is 532 g/mol. The molecule has 1 aromatic rings. The summed E-state index contributed by atoms with van der Waals surface area (Å²) in [4.78, 5) is 30.4. The molecule has 3 rings (SSSR count). The molecule has 38 heavy (non-hydrogen) atoms. The molecule has 1 aromatic carbocycles. The summed E-state index contributed by atoms with van der Waals surface area (Å²) in [5.74, 6) is 1.47. The van der Waals surface area contributed by atoms with E-state index in [0.29, 0.717) is 49.4 Å². The predicted molar refractivity (Wildman–Crippen MR) is 149 cm³/mol. The number of ether oxygens (including phenoxy) is 3. The Hall–Kier alpha value is -2.36. The molecular weight excluding hydrogens is 484 g/mol. The summed E-state index contributed by atoms with van der Waals surface area (Å²) in [5, 5.41) is 6.94. The van der Waals surface area contributed by atoms with Crippen LogP contribution in [0.5, 0.6) is 11.5 Å². The van der Waals surface area contributed by atoms with Crippen LogP contribution < -0.4 is 20.1 Å². The molecule has 2 aliphatic rings. The van der Waals surface area contributed by atoms with E-state index in [4.69, 9.17) is 14.2 Å². The number of hydrogen-bond acceptors (Lipinski definition) is 7. The molecule has 0 radical (unpaired) electrons. The Morgan fingerprint density at radius 3 is 2.53 bits per heavy atom. The molecule has 2 N–H and O–H groups in total. The third kappa shape index (κ3) is 8.32. The minimum atomic E-state index is -0.0387. The summed E-state index contributed by atoms with van der Waals surface area (Å²) in [6.07, 6.45) is 6.64. The maximum absolute atomic E-state index is 13.6. The zero-order valence-electron chi connectivity index (χ0n) is 24.0. The lowest BCUT2D eigenvalue weighted by atomic mass is 9.94. The second-order valence-electron chi connectivity index (χ2n) is 10.8. The molecule has 0 bridgehead atoms. The lowest BCUT2D eigenvalue weighted by molar-refractivity contribution is -0.131. The van der Waals surface area contributed by atoms with E-state index in [1.165, 1.54) is 19.3 Å². The normalized spacial score (nSPS) is 19.9. The van der Waals surface area contributed by atoms with Crippen LogP contribution in [0.2, 0.25) is 0 Å². The van der Waals surface area contributed by atoms with Gasteiger partial charge in [-0.05, 0) is 44.9 Å². The van der Waals surface area contributed by atoms with E-state index in [9.17, 15) is 9.59 Å². The third-order valence-electron chi connectivity index (χ3n) is 7.85. The number of benzene rings is 1. The maximum atomic E-state index is 13.6. The predicted octanol–water partition coefficient (Wildman–Crippen LogP) is 2.93. The Morgan fingerprint density at radius 2 is 1.84 bits per heavy atom. The maximum Gasteiger partial charge on any atom is 0.254 e. The van der Waals surface area contributed by atoms with Gasteiger partial charge >= 0.3 is 0 Å². The highest BCUT2D eigenvalue weighted by molar-refractivity contribution is 5.95. The SMILES string of the molecule is COCCCOc1cc(C(=O)N(C[C@@H]2CNC[C@H]2NCC(=O)N(C)C2CCCCC2)C(C)C)ccc1OC. The fraction of sp³-hybridized carbons (Fsp3) is 0.724. The highest BCUT2D eigenvalue weighted by Crippen LogP contribution is 2.29. The van der Waals surface area contributed by atoms with E-state index in [-0.39, 0.29) is 29.8 Å². The zero-order chi connectivity index (χ0) is 27.5. The summed E-state index contributed by atoms with van der Waals surface area (Å²) in [7, 11) is 5.19. The average Bonchev–Trinajstić information content (AvgIpc) is 3.39. The minimum absolute atomic E-state index is 0.0241. The lowest BCUT2D eigenvalue weighted by Gasteiger charge is -2.33. The van der Waals surface area contributed by atoms with Crippen molar-refractivity contribution in [2.24, 2.45) is 5.92 Å². The molecule has 9 nitrogen and oxygen atoms in total. The molecule has 1 aliphatic carbocycles. The van der Waals surface area contributed by atoms with Crippen LogP contribution in [0.3, 0.4) is 0 Å². The van der Waals surface area contributed by atoms with Crippen LogP contribution in [0.4, 0.5) is 0 Å². The van der Waals surface area contributed by atoms with E-state index in [1.807, 2.05) is 30.7 Å². The zero-order valence-corrected chi connectivity index (χ0v) is 24.0. The molecule has 1 aliphatic heterocycles. The summed E-state index contributed by atoms with van der Waals surface area (Å²) in [6, 6.07) is 5.86. The lowest BCUT2D eigenvalue weighted by Crippen LogP contribution is -2.49. The Morgan fingerprint density at radius 1 is 1.08 bits per heavy atom. The van der Waals surface area contributed by atoms with Crippen molar-refractivity contribution in [2.75, 3.05) is 60.7 Å². The smallest absolute Gasteiger partial charge is 0.254 e. The van der Waals surface area contributed by atoms with Gasteiger partial charge in [-0.3, -0.25) is 9.59 Å². The van der Waals surface area contributed by atoms with E-state index >= 15 is 0 Å². The van der Waals surface area contributed by atoms with Crippen molar-refractivity contribution >= 4 is 11.8 Å². The van der Waals surface area contributed by atoms with Gasteiger partial charge in [0.25, 0.3) is 5.91 Å². The number of nitrogens with one attached hydrogen (secondary N) is 2. The molecule has 1 saturated carbocycles. The van der Waals surface area contributed by atoms with Gasteiger partial charge in [-0.1, -0.05) is 19.3 Å². The van der Waals surface area contributed by atoms with Gasteiger partial charge in [-0.25, -0.2) is 0 Å². The van der Waals surface area contributed by atoms with Crippen molar-refractivity contribution in [1.29, 1.82) is 0 Å². The van der Waals surface area contributed by atoms with Gasteiger partial charge < -0.3 is 34.6 Å². The van der Waals surface area contributed by atoms with Crippen LogP contribution in [0.1, 0.15) is 62.7 Å². The Balaban J connectivity index is 1.61. The number of amides is 2. The van der Waals surface area contributed by atoms with Gasteiger partial charge in [-0.15, -0.1) is 0 Å². The highest BCUT2D eigenvalue weighted by atomic mass is 16.5. The molecule has 9 heteroatoms. The van der Waals surface area contributed by atoms with E-state index < -0.39 is 0 Å². The summed E-state index contributed by atoms with van der Waals surface area (Å²) in [6.45, 7) is 7.68.